The minimum Gasteiger partial charge on any atom is -0.325 e. The summed E-state index contributed by atoms with van der Waals surface area (Å²) in [7, 11) is 4.20. The average molecular weight is 340 g/mol. The highest BCUT2D eigenvalue weighted by atomic mass is 16.2. The number of hydrogen-bond donors (Lipinski definition) is 0. The molecule has 0 fully saturated rings. The lowest BCUT2D eigenvalue weighted by Crippen LogP contribution is -2.53. The zero-order chi connectivity index (χ0) is 18.3. The van der Waals surface area contributed by atoms with Crippen molar-refractivity contribution in [3.8, 4) is 0 Å². The first-order chi connectivity index (χ1) is 12.0. The Kier molecular flexibility index (Phi) is 6.59. The molecule has 2 aromatic carbocycles. The van der Waals surface area contributed by atoms with Crippen LogP contribution in [0.15, 0.2) is 60.7 Å². The predicted octanol–water partition coefficient (Wildman–Crippen LogP) is 3.67. The first kappa shape index (κ1) is 19.0. The van der Waals surface area contributed by atoms with Crippen LogP contribution in [0.1, 0.15) is 24.2 Å². The number of nitrogens with zero attached hydrogens (tertiary/aromatic N) is 3. The molecule has 0 bridgehead atoms. The van der Waals surface area contributed by atoms with E-state index in [0.29, 0.717) is 12.1 Å². The van der Waals surface area contributed by atoms with Crippen molar-refractivity contribution < 1.29 is 9.28 Å². The smallest absolute Gasteiger partial charge is 0.272 e. The van der Waals surface area contributed by atoms with E-state index in [9.17, 15) is 4.79 Å². The van der Waals surface area contributed by atoms with Crippen LogP contribution < -0.4 is 5.01 Å². The summed E-state index contributed by atoms with van der Waals surface area (Å²) in [5, 5.41) is 3.82. The number of hydrazine groups is 1. The molecular formula is C21H30N3O+. The quantitative estimate of drug-likeness (QED) is 0.541. The molecule has 2 rings (SSSR count). The fraction of sp³-hybridized carbons (Fsp3) is 0.381. The van der Waals surface area contributed by atoms with Gasteiger partial charge in [0.25, 0.3) is 5.91 Å². The summed E-state index contributed by atoms with van der Waals surface area (Å²) in [6.07, 6.45) is 0. The second-order valence-corrected chi connectivity index (χ2v) is 6.63. The Balaban J connectivity index is 2.26. The molecule has 0 aliphatic heterocycles. The van der Waals surface area contributed by atoms with Crippen LogP contribution in [0.2, 0.25) is 0 Å². The van der Waals surface area contributed by atoms with E-state index in [1.807, 2.05) is 77.7 Å². The number of benzene rings is 2. The Morgan fingerprint density at radius 3 is 1.96 bits per heavy atom. The number of carbonyl (C=O) groups excluding carboxylic acids is 1. The van der Waals surface area contributed by atoms with Crippen LogP contribution >= 0.6 is 0 Å². The summed E-state index contributed by atoms with van der Waals surface area (Å²) in [6, 6.07) is 19.5. The molecule has 1 amide bonds. The second-order valence-electron chi connectivity index (χ2n) is 6.63. The number of anilines is 1. The van der Waals surface area contributed by atoms with Crippen LogP contribution in [0, 0.1) is 0 Å². The van der Waals surface area contributed by atoms with Gasteiger partial charge in [-0.2, -0.15) is 0 Å². The highest BCUT2D eigenvalue weighted by Gasteiger charge is 2.25. The van der Waals surface area contributed by atoms with Crippen molar-refractivity contribution in [2.45, 2.75) is 13.8 Å². The number of carbonyl (C=O) groups is 1. The largest absolute Gasteiger partial charge is 0.325 e. The van der Waals surface area contributed by atoms with Crippen molar-refractivity contribution in [1.29, 1.82) is 0 Å². The van der Waals surface area contributed by atoms with Crippen molar-refractivity contribution in [2.24, 2.45) is 0 Å². The molecule has 134 valence electrons. The summed E-state index contributed by atoms with van der Waals surface area (Å²) in [4.78, 5) is 13.1. The summed E-state index contributed by atoms with van der Waals surface area (Å²) in [6.45, 7) is 8.11. The van der Waals surface area contributed by atoms with Gasteiger partial charge in [-0.05, 0) is 38.1 Å². The lowest BCUT2D eigenvalue weighted by Gasteiger charge is -2.38. The van der Waals surface area contributed by atoms with Gasteiger partial charge in [0.05, 0.1) is 38.9 Å². The van der Waals surface area contributed by atoms with Gasteiger partial charge in [0.15, 0.2) is 0 Å². The zero-order valence-electron chi connectivity index (χ0n) is 15.9. The van der Waals surface area contributed by atoms with Crippen LogP contribution in [0.25, 0.3) is 0 Å². The Morgan fingerprint density at radius 1 is 0.920 bits per heavy atom. The molecule has 0 unspecified atom stereocenters. The topological polar surface area (TPSA) is 23.6 Å². The third kappa shape index (κ3) is 4.83. The average Bonchev–Trinajstić information content (AvgIpc) is 2.68. The Bertz CT molecular complexity index is 653. The van der Waals surface area contributed by atoms with Crippen LogP contribution in [-0.4, -0.2) is 55.7 Å². The lowest BCUT2D eigenvalue weighted by molar-refractivity contribution is -0.905. The van der Waals surface area contributed by atoms with Crippen molar-refractivity contribution in [3.05, 3.63) is 66.2 Å². The highest BCUT2D eigenvalue weighted by Crippen LogP contribution is 2.17. The van der Waals surface area contributed by atoms with E-state index in [0.717, 1.165) is 29.8 Å². The third-order valence-electron chi connectivity index (χ3n) is 5.13. The first-order valence-electron chi connectivity index (χ1n) is 9.00. The molecule has 0 aliphatic rings. The molecule has 0 radical (unpaired) electrons. The van der Waals surface area contributed by atoms with Gasteiger partial charge in [0.1, 0.15) is 0 Å². The van der Waals surface area contributed by atoms with E-state index in [1.54, 1.807) is 0 Å². The molecule has 25 heavy (non-hydrogen) atoms. The molecule has 0 spiro atoms. The maximum absolute atomic E-state index is 13.1. The predicted molar refractivity (Wildman–Crippen MR) is 104 cm³/mol. The van der Waals surface area contributed by atoms with Gasteiger partial charge in [-0.25, -0.2) is 5.01 Å². The monoisotopic (exact) mass is 340 g/mol. The van der Waals surface area contributed by atoms with Gasteiger partial charge < -0.3 is 4.48 Å². The number of likely N-dealkylation sites (N-methyl/N-ethyl adjacent to an activating group) is 1. The van der Waals surface area contributed by atoms with Gasteiger partial charge in [-0.1, -0.05) is 36.4 Å². The molecule has 0 atom stereocenters. The van der Waals surface area contributed by atoms with Gasteiger partial charge in [0.2, 0.25) is 0 Å². The second kappa shape index (κ2) is 8.67. The summed E-state index contributed by atoms with van der Waals surface area (Å²) >= 11 is 0. The molecule has 0 saturated carbocycles. The zero-order valence-corrected chi connectivity index (χ0v) is 15.9. The minimum atomic E-state index is 0.0331. The Morgan fingerprint density at radius 2 is 1.44 bits per heavy atom. The van der Waals surface area contributed by atoms with Gasteiger partial charge in [-0.15, -0.1) is 0 Å². The van der Waals surface area contributed by atoms with Crippen LogP contribution in [0.5, 0.6) is 0 Å². The maximum atomic E-state index is 13.1. The number of hydrogen-bond acceptors (Lipinski definition) is 2. The Hall–Kier alpha value is -2.33. The normalized spacial score (nSPS) is 11.2. The van der Waals surface area contributed by atoms with E-state index in [4.69, 9.17) is 0 Å². The molecule has 0 saturated heterocycles. The van der Waals surface area contributed by atoms with Crippen molar-refractivity contribution >= 4 is 11.6 Å². The number of quaternary nitrogens is 1. The van der Waals surface area contributed by atoms with Gasteiger partial charge >= 0.3 is 0 Å². The van der Waals surface area contributed by atoms with Crippen LogP contribution in [0.3, 0.4) is 0 Å². The molecule has 4 heteroatoms. The van der Waals surface area contributed by atoms with E-state index in [2.05, 4.69) is 20.9 Å². The Labute approximate surface area is 151 Å². The van der Waals surface area contributed by atoms with Crippen molar-refractivity contribution in [1.82, 2.24) is 5.01 Å². The fourth-order valence-corrected chi connectivity index (χ4v) is 2.78. The molecule has 0 N–H and O–H groups in total. The number of rotatable bonds is 8. The van der Waals surface area contributed by atoms with Gasteiger partial charge in [-0.3, -0.25) is 9.80 Å². The number of para-hydroxylation sites is 1. The lowest BCUT2D eigenvalue weighted by atomic mass is 10.2. The van der Waals surface area contributed by atoms with E-state index < -0.39 is 0 Å². The molecule has 2 aromatic rings. The summed E-state index contributed by atoms with van der Waals surface area (Å²) in [5.74, 6) is 0.0331. The molecule has 4 nitrogen and oxygen atoms in total. The molecule has 0 heterocycles. The minimum absolute atomic E-state index is 0.0331. The molecule has 0 aliphatic carbocycles. The van der Waals surface area contributed by atoms with E-state index in [1.165, 1.54) is 0 Å². The van der Waals surface area contributed by atoms with Crippen molar-refractivity contribution in [3.63, 3.8) is 0 Å². The van der Waals surface area contributed by atoms with Crippen LogP contribution in [0.4, 0.5) is 5.69 Å². The third-order valence-corrected chi connectivity index (χ3v) is 5.13. The van der Waals surface area contributed by atoms with Crippen LogP contribution in [-0.2, 0) is 0 Å². The van der Waals surface area contributed by atoms with Gasteiger partial charge in [0, 0.05) is 12.6 Å². The first-order valence-corrected chi connectivity index (χ1v) is 9.00. The summed E-state index contributed by atoms with van der Waals surface area (Å²) in [5.41, 5.74) is 1.72. The molecule has 0 aromatic heterocycles. The van der Waals surface area contributed by atoms with Crippen molar-refractivity contribution in [2.75, 3.05) is 45.3 Å². The highest BCUT2D eigenvalue weighted by molar-refractivity contribution is 5.95. The fourth-order valence-electron chi connectivity index (χ4n) is 2.78. The summed E-state index contributed by atoms with van der Waals surface area (Å²) < 4.78 is 0.946. The molecular weight excluding hydrogens is 310 g/mol. The SMILES string of the molecule is CC[N+](C)(CC)CCN(C(=O)c1ccccc1)N(C)c1ccccc1. The number of amides is 1. The maximum Gasteiger partial charge on any atom is 0.272 e. The standard InChI is InChI=1S/C21H30N3O/c1-5-24(4,6-2)18-17-23(21(25)19-13-9-7-10-14-19)22(3)20-15-11-8-12-16-20/h7-16H,5-6,17-18H2,1-4H3/q+1. The van der Waals surface area contributed by atoms with E-state index >= 15 is 0 Å². The van der Waals surface area contributed by atoms with E-state index in [-0.39, 0.29) is 5.91 Å².